The molecule has 7 heteroatoms. The summed E-state index contributed by atoms with van der Waals surface area (Å²) in [6.07, 6.45) is 2.17. The standard InChI is InChI=1S/C19H31N5O2/c1-19(2,26-4)14-22-17(20-3)21-13-15-8-7-9-16(12-15)23-18(25)24-10-5-6-11-24/h7-9,12H,5-6,10-11,13-14H2,1-4H3,(H,23,25)(H2,20,21,22). The summed E-state index contributed by atoms with van der Waals surface area (Å²) in [5.41, 5.74) is 1.61. The number of carbonyl (C=O) groups is 1. The van der Waals surface area contributed by atoms with Gasteiger partial charge in [0.2, 0.25) is 0 Å². The summed E-state index contributed by atoms with van der Waals surface area (Å²) in [4.78, 5) is 18.3. The highest BCUT2D eigenvalue weighted by Gasteiger charge is 2.18. The normalized spacial score (nSPS) is 15.1. The van der Waals surface area contributed by atoms with E-state index in [4.69, 9.17) is 4.74 Å². The lowest BCUT2D eigenvalue weighted by molar-refractivity contribution is 0.0268. The van der Waals surface area contributed by atoms with Crippen molar-refractivity contribution in [2.24, 2.45) is 4.99 Å². The highest BCUT2D eigenvalue weighted by Crippen LogP contribution is 2.14. The molecule has 1 aliphatic heterocycles. The molecule has 0 spiro atoms. The number of methoxy groups -OCH3 is 1. The molecular weight excluding hydrogens is 330 g/mol. The monoisotopic (exact) mass is 361 g/mol. The highest BCUT2D eigenvalue weighted by atomic mass is 16.5. The number of nitrogens with one attached hydrogen (secondary N) is 3. The number of ether oxygens (including phenoxy) is 1. The second-order valence-electron chi connectivity index (χ2n) is 7.07. The molecule has 26 heavy (non-hydrogen) atoms. The third kappa shape index (κ3) is 6.22. The summed E-state index contributed by atoms with van der Waals surface area (Å²) < 4.78 is 5.40. The molecule has 0 aromatic heterocycles. The van der Waals surface area contributed by atoms with E-state index in [9.17, 15) is 4.79 Å². The number of likely N-dealkylation sites (tertiary alicyclic amines) is 1. The van der Waals surface area contributed by atoms with Gasteiger partial charge in [0.1, 0.15) is 0 Å². The Hall–Kier alpha value is -2.28. The number of aliphatic imine (C=N–C) groups is 1. The van der Waals surface area contributed by atoms with Crippen LogP contribution in [0.15, 0.2) is 29.3 Å². The second kappa shape index (κ2) is 9.43. The first kappa shape index (κ1) is 20.0. The Kier molecular flexibility index (Phi) is 7.26. The van der Waals surface area contributed by atoms with Crippen molar-refractivity contribution in [3.05, 3.63) is 29.8 Å². The lowest BCUT2D eigenvalue weighted by Gasteiger charge is -2.24. The van der Waals surface area contributed by atoms with Gasteiger partial charge < -0.3 is 25.6 Å². The molecule has 0 atom stereocenters. The number of rotatable bonds is 6. The Morgan fingerprint density at radius 2 is 2.00 bits per heavy atom. The van der Waals surface area contributed by atoms with Crippen LogP contribution in [-0.2, 0) is 11.3 Å². The Morgan fingerprint density at radius 1 is 1.27 bits per heavy atom. The average molecular weight is 361 g/mol. The van der Waals surface area contributed by atoms with Gasteiger partial charge in [-0.25, -0.2) is 4.79 Å². The van der Waals surface area contributed by atoms with E-state index >= 15 is 0 Å². The zero-order valence-electron chi connectivity index (χ0n) is 16.3. The van der Waals surface area contributed by atoms with Crippen LogP contribution in [0, 0.1) is 0 Å². The minimum Gasteiger partial charge on any atom is -0.377 e. The Labute approximate surface area is 156 Å². The topological polar surface area (TPSA) is 78.0 Å². The molecule has 3 N–H and O–H groups in total. The molecule has 0 radical (unpaired) electrons. The molecule has 2 rings (SSSR count). The number of nitrogens with zero attached hydrogens (tertiary/aromatic N) is 2. The van der Waals surface area contributed by atoms with E-state index in [2.05, 4.69) is 20.9 Å². The van der Waals surface area contributed by atoms with Crippen LogP contribution in [0.3, 0.4) is 0 Å². The van der Waals surface area contributed by atoms with Crippen molar-refractivity contribution >= 4 is 17.7 Å². The van der Waals surface area contributed by atoms with Gasteiger partial charge in [0.15, 0.2) is 5.96 Å². The lowest BCUT2D eigenvalue weighted by Crippen LogP contribution is -2.45. The fraction of sp³-hybridized carbons (Fsp3) is 0.579. The molecule has 1 aliphatic rings. The van der Waals surface area contributed by atoms with Gasteiger partial charge in [0, 0.05) is 46.0 Å². The summed E-state index contributed by atoms with van der Waals surface area (Å²) in [6.45, 7) is 6.97. The fourth-order valence-electron chi connectivity index (χ4n) is 2.66. The zero-order valence-corrected chi connectivity index (χ0v) is 16.3. The molecule has 1 saturated heterocycles. The molecule has 0 bridgehead atoms. The third-order valence-electron chi connectivity index (χ3n) is 4.49. The lowest BCUT2D eigenvalue weighted by atomic mass is 10.1. The fourth-order valence-corrected chi connectivity index (χ4v) is 2.66. The van der Waals surface area contributed by atoms with Crippen LogP contribution in [0.1, 0.15) is 32.3 Å². The zero-order chi connectivity index (χ0) is 19.0. The number of guanidine groups is 1. The minimum absolute atomic E-state index is 0.0214. The van der Waals surface area contributed by atoms with E-state index in [1.165, 1.54) is 0 Å². The summed E-state index contributed by atoms with van der Waals surface area (Å²) in [5, 5.41) is 9.51. The van der Waals surface area contributed by atoms with Crippen molar-refractivity contribution in [3.63, 3.8) is 0 Å². The van der Waals surface area contributed by atoms with Gasteiger partial charge in [0.25, 0.3) is 0 Å². The quantitative estimate of drug-likeness (QED) is 0.537. The number of hydrogen-bond acceptors (Lipinski definition) is 3. The van der Waals surface area contributed by atoms with Crippen molar-refractivity contribution < 1.29 is 9.53 Å². The molecule has 144 valence electrons. The maximum atomic E-state index is 12.2. The molecule has 1 fully saturated rings. The molecule has 0 unspecified atom stereocenters. The number of carbonyl (C=O) groups excluding carboxylic acids is 1. The van der Waals surface area contributed by atoms with Crippen LogP contribution in [-0.4, -0.2) is 56.3 Å². The summed E-state index contributed by atoms with van der Waals surface area (Å²) in [6, 6.07) is 7.83. The van der Waals surface area contributed by atoms with Crippen molar-refractivity contribution in [1.82, 2.24) is 15.5 Å². The molecule has 0 saturated carbocycles. The molecule has 0 aliphatic carbocycles. The van der Waals surface area contributed by atoms with Crippen LogP contribution >= 0.6 is 0 Å². The maximum Gasteiger partial charge on any atom is 0.321 e. The van der Waals surface area contributed by atoms with E-state index in [1.807, 2.05) is 43.0 Å². The van der Waals surface area contributed by atoms with Gasteiger partial charge in [-0.05, 0) is 44.4 Å². The number of hydrogen-bond donors (Lipinski definition) is 3. The van der Waals surface area contributed by atoms with E-state index < -0.39 is 0 Å². The van der Waals surface area contributed by atoms with Gasteiger partial charge in [0.05, 0.1) is 5.60 Å². The summed E-state index contributed by atoms with van der Waals surface area (Å²) in [5.74, 6) is 0.710. The molecule has 1 heterocycles. The van der Waals surface area contributed by atoms with Crippen LogP contribution in [0.2, 0.25) is 0 Å². The SMILES string of the molecule is CN=C(NCc1cccc(NC(=O)N2CCCC2)c1)NCC(C)(C)OC. The van der Waals surface area contributed by atoms with Crippen molar-refractivity contribution in [2.75, 3.05) is 39.1 Å². The minimum atomic E-state index is -0.266. The molecule has 1 aromatic rings. The number of anilines is 1. The highest BCUT2D eigenvalue weighted by molar-refractivity contribution is 5.89. The first-order valence-electron chi connectivity index (χ1n) is 9.08. The van der Waals surface area contributed by atoms with Gasteiger partial charge in [-0.3, -0.25) is 4.99 Å². The first-order chi connectivity index (χ1) is 12.4. The Bertz CT molecular complexity index is 624. The number of amides is 2. The van der Waals surface area contributed by atoms with Gasteiger partial charge in [-0.2, -0.15) is 0 Å². The van der Waals surface area contributed by atoms with Gasteiger partial charge >= 0.3 is 6.03 Å². The van der Waals surface area contributed by atoms with E-state index in [0.717, 1.165) is 37.2 Å². The molecule has 7 nitrogen and oxygen atoms in total. The summed E-state index contributed by atoms with van der Waals surface area (Å²) >= 11 is 0. The van der Waals surface area contributed by atoms with Crippen LogP contribution in [0.5, 0.6) is 0 Å². The second-order valence-corrected chi connectivity index (χ2v) is 7.07. The molecule has 1 aromatic carbocycles. The summed E-state index contributed by atoms with van der Waals surface area (Å²) in [7, 11) is 3.43. The first-order valence-corrected chi connectivity index (χ1v) is 9.08. The van der Waals surface area contributed by atoms with E-state index in [-0.39, 0.29) is 11.6 Å². The van der Waals surface area contributed by atoms with E-state index in [1.54, 1.807) is 14.2 Å². The third-order valence-corrected chi connectivity index (χ3v) is 4.49. The Balaban J connectivity index is 1.86. The predicted octanol–water partition coefficient (Wildman–Crippen LogP) is 2.40. The smallest absolute Gasteiger partial charge is 0.321 e. The maximum absolute atomic E-state index is 12.2. The predicted molar refractivity (Wildman–Crippen MR) is 106 cm³/mol. The van der Waals surface area contributed by atoms with Crippen molar-refractivity contribution in [2.45, 2.75) is 38.8 Å². The molecule has 2 amide bonds. The van der Waals surface area contributed by atoms with Crippen molar-refractivity contribution in [1.29, 1.82) is 0 Å². The van der Waals surface area contributed by atoms with Gasteiger partial charge in [-0.1, -0.05) is 12.1 Å². The van der Waals surface area contributed by atoms with E-state index in [0.29, 0.717) is 19.0 Å². The average Bonchev–Trinajstić information content (AvgIpc) is 3.17. The van der Waals surface area contributed by atoms with Crippen LogP contribution in [0.4, 0.5) is 10.5 Å². The van der Waals surface area contributed by atoms with Crippen LogP contribution < -0.4 is 16.0 Å². The Morgan fingerprint density at radius 3 is 2.65 bits per heavy atom. The van der Waals surface area contributed by atoms with Gasteiger partial charge in [-0.15, -0.1) is 0 Å². The van der Waals surface area contributed by atoms with Crippen LogP contribution in [0.25, 0.3) is 0 Å². The number of urea groups is 1. The van der Waals surface area contributed by atoms with Crippen molar-refractivity contribution in [3.8, 4) is 0 Å². The number of benzene rings is 1. The largest absolute Gasteiger partial charge is 0.377 e. The molecular formula is C19H31N5O2.